The van der Waals surface area contributed by atoms with Crippen molar-refractivity contribution in [2.45, 2.75) is 53.4 Å². The number of carbonyl (C=O) groups excluding carboxylic acids is 1. The number of para-hydroxylation sites is 1. The first-order chi connectivity index (χ1) is 9.73. The van der Waals surface area contributed by atoms with Crippen LogP contribution in [0.15, 0.2) is 18.2 Å². The molecular weight excluding hydrogens is 280 g/mol. The van der Waals surface area contributed by atoms with E-state index in [1.165, 1.54) is 11.1 Å². The highest BCUT2D eigenvalue weighted by atomic mass is 32.1. The van der Waals surface area contributed by atoms with Crippen LogP contribution in [0, 0.1) is 5.92 Å². The van der Waals surface area contributed by atoms with Crippen molar-refractivity contribution in [3.8, 4) is 0 Å². The second kappa shape index (κ2) is 7.55. The summed E-state index contributed by atoms with van der Waals surface area (Å²) in [5.41, 5.74) is 3.45. The van der Waals surface area contributed by atoms with Gasteiger partial charge in [0.2, 0.25) is 5.91 Å². The van der Waals surface area contributed by atoms with E-state index in [9.17, 15) is 4.79 Å². The summed E-state index contributed by atoms with van der Waals surface area (Å²) in [4.78, 5) is 11.7. The molecule has 4 heteroatoms. The van der Waals surface area contributed by atoms with E-state index in [0.717, 1.165) is 5.69 Å². The van der Waals surface area contributed by atoms with Gasteiger partial charge >= 0.3 is 0 Å². The molecular formula is C17H26N2OS. The minimum absolute atomic E-state index is 0.0689. The molecule has 0 aliphatic carbocycles. The summed E-state index contributed by atoms with van der Waals surface area (Å²) in [6.07, 6.45) is 0. The summed E-state index contributed by atoms with van der Waals surface area (Å²) in [6.45, 7) is 12.3. The van der Waals surface area contributed by atoms with Crippen LogP contribution in [0.25, 0.3) is 0 Å². The Kier molecular flexibility index (Phi) is 6.34. The lowest BCUT2D eigenvalue weighted by Gasteiger charge is -2.21. The minimum Gasteiger partial charge on any atom is -0.332 e. The van der Waals surface area contributed by atoms with E-state index in [0.29, 0.717) is 16.9 Å². The fourth-order valence-corrected chi connectivity index (χ4v) is 2.30. The molecule has 0 unspecified atom stereocenters. The van der Waals surface area contributed by atoms with Gasteiger partial charge in [-0.1, -0.05) is 59.7 Å². The summed E-state index contributed by atoms with van der Waals surface area (Å²) in [7, 11) is 0. The number of carbonyl (C=O) groups is 1. The van der Waals surface area contributed by atoms with Crippen LogP contribution in [0.5, 0.6) is 0 Å². The fourth-order valence-electron chi connectivity index (χ4n) is 2.10. The third-order valence-corrected chi connectivity index (χ3v) is 3.58. The fraction of sp³-hybridized carbons (Fsp3) is 0.529. The van der Waals surface area contributed by atoms with Gasteiger partial charge in [-0.25, -0.2) is 0 Å². The van der Waals surface area contributed by atoms with Crippen molar-refractivity contribution in [2.24, 2.45) is 5.92 Å². The van der Waals surface area contributed by atoms with Crippen LogP contribution in [-0.4, -0.2) is 11.0 Å². The second-order valence-electron chi connectivity index (χ2n) is 6.22. The molecule has 0 aliphatic heterocycles. The highest BCUT2D eigenvalue weighted by Crippen LogP contribution is 2.32. The molecule has 0 fully saturated rings. The molecule has 1 aromatic carbocycles. The molecule has 116 valence electrons. The van der Waals surface area contributed by atoms with Crippen LogP contribution in [0.1, 0.15) is 64.5 Å². The minimum atomic E-state index is -0.0883. The van der Waals surface area contributed by atoms with Crippen molar-refractivity contribution < 1.29 is 4.79 Å². The average molecular weight is 306 g/mol. The van der Waals surface area contributed by atoms with Gasteiger partial charge in [0.25, 0.3) is 0 Å². The molecule has 0 aromatic heterocycles. The van der Waals surface area contributed by atoms with E-state index in [1.807, 2.05) is 13.8 Å². The van der Waals surface area contributed by atoms with E-state index < -0.39 is 0 Å². The maximum atomic E-state index is 11.7. The molecule has 1 rings (SSSR count). The number of hydrogen-bond donors (Lipinski definition) is 2. The summed E-state index contributed by atoms with van der Waals surface area (Å²) in [6, 6.07) is 6.28. The maximum Gasteiger partial charge on any atom is 0.228 e. The van der Waals surface area contributed by atoms with Crippen LogP contribution < -0.4 is 10.6 Å². The third kappa shape index (κ3) is 4.81. The van der Waals surface area contributed by atoms with Crippen molar-refractivity contribution in [3.63, 3.8) is 0 Å². The summed E-state index contributed by atoms with van der Waals surface area (Å²) < 4.78 is 0. The molecule has 0 bridgehead atoms. The monoisotopic (exact) mass is 306 g/mol. The molecule has 1 amide bonds. The standard InChI is InChI=1S/C17H26N2OS/c1-10(2)13-8-7-9-14(11(3)4)15(13)18-17(21)19-16(20)12(5)6/h7-12H,1-6H3,(H2,18,19,20,21). The maximum absolute atomic E-state index is 11.7. The Morgan fingerprint density at radius 1 is 1.00 bits per heavy atom. The van der Waals surface area contributed by atoms with Gasteiger partial charge in [-0.05, 0) is 35.2 Å². The SMILES string of the molecule is CC(C)C(=O)NC(=S)Nc1c(C(C)C)cccc1C(C)C. The van der Waals surface area contributed by atoms with Crippen LogP contribution in [0.4, 0.5) is 5.69 Å². The van der Waals surface area contributed by atoms with Crippen LogP contribution in [0.3, 0.4) is 0 Å². The van der Waals surface area contributed by atoms with Crippen LogP contribution in [0.2, 0.25) is 0 Å². The van der Waals surface area contributed by atoms with E-state index in [-0.39, 0.29) is 11.8 Å². The van der Waals surface area contributed by atoms with Gasteiger partial charge in [-0.15, -0.1) is 0 Å². The highest BCUT2D eigenvalue weighted by Gasteiger charge is 2.16. The molecule has 1 aromatic rings. The smallest absolute Gasteiger partial charge is 0.228 e. The predicted molar refractivity (Wildman–Crippen MR) is 93.8 cm³/mol. The predicted octanol–water partition coefficient (Wildman–Crippen LogP) is 4.40. The lowest BCUT2D eigenvalue weighted by molar-refractivity contribution is -0.122. The van der Waals surface area contributed by atoms with Gasteiger partial charge in [0.1, 0.15) is 0 Å². The van der Waals surface area contributed by atoms with Gasteiger partial charge in [-0.3, -0.25) is 4.79 Å². The topological polar surface area (TPSA) is 41.1 Å². The number of thiocarbonyl (C=S) groups is 1. The quantitative estimate of drug-likeness (QED) is 0.810. The largest absolute Gasteiger partial charge is 0.332 e. The van der Waals surface area contributed by atoms with Crippen LogP contribution >= 0.6 is 12.2 Å². The Morgan fingerprint density at radius 2 is 1.48 bits per heavy atom. The summed E-state index contributed by atoms with van der Waals surface area (Å²) in [5, 5.41) is 6.33. The van der Waals surface area contributed by atoms with Crippen molar-refractivity contribution in [2.75, 3.05) is 5.32 Å². The molecule has 2 N–H and O–H groups in total. The molecule has 3 nitrogen and oxygen atoms in total. The Labute approximate surface area is 133 Å². The van der Waals surface area contributed by atoms with Gasteiger partial charge in [0, 0.05) is 11.6 Å². The number of benzene rings is 1. The van der Waals surface area contributed by atoms with Gasteiger partial charge < -0.3 is 10.6 Å². The molecule has 0 aliphatic rings. The van der Waals surface area contributed by atoms with Gasteiger partial charge in [0.05, 0.1) is 0 Å². The van der Waals surface area contributed by atoms with E-state index in [1.54, 1.807) is 0 Å². The molecule has 0 atom stereocenters. The third-order valence-electron chi connectivity index (χ3n) is 3.37. The van der Waals surface area contributed by atoms with E-state index in [4.69, 9.17) is 12.2 Å². The number of hydrogen-bond acceptors (Lipinski definition) is 2. The molecule has 0 saturated heterocycles. The molecule has 0 radical (unpaired) electrons. The average Bonchev–Trinajstić information content (AvgIpc) is 2.37. The first kappa shape index (κ1) is 17.6. The van der Waals surface area contributed by atoms with E-state index in [2.05, 4.69) is 56.5 Å². The normalized spacial score (nSPS) is 11.1. The van der Waals surface area contributed by atoms with Crippen molar-refractivity contribution in [3.05, 3.63) is 29.3 Å². The molecule has 0 spiro atoms. The van der Waals surface area contributed by atoms with Crippen molar-refractivity contribution >= 4 is 28.9 Å². The Morgan fingerprint density at radius 3 is 1.86 bits per heavy atom. The lowest BCUT2D eigenvalue weighted by Crippen LogP contribution is -2.37. The number of nitrogens with one attached hydrogen (secondary N) is 2. The first-order valence-corrected chi connectivity index (χ1v) is 7.89. The Bertz CT molecular complexity index is 495. The molecule has 0 heterocycles. The van der Waals surface area contributed by atoms with E-state index >= 15 is 0 Å². The number of rotatable bonds is 4. The zero-order valence-electron chi connectivity index (χ0n) is 13.8. The Hall–Kier alpha value is -1.42. The first-order valence-electron chi connectivity index (χ1n) is 7.48. The lowest BCUT2D eigenvalue weighted by atomic mass is 9.93. The van der Waals surface area contributed by atoms with Gasteiger partial charge in [0.15, 0.2) is 5.11 Å². The zero-order valence-corrected chi connectivity index (χ0v) is 14.6. The number of anilines is 1. The highest BCUT2D eigenvalue weighted by molar-refractivity contribution is 7.80. The second-order valence-corrected chi connectivity index (χ2v) is 6.63. The molecule has 0 saturated carbocycles. The molecule has 21 heavy (non-hydrogen) atoms. The zero-order chi connectivity index (χ0) is 16.2. The number of amides is 1. The Balaban J connectivity index is 3.05. The summed E-state index contributed by atoms with van der Waals surface area (Å²) >= 11 is 5.28. The van der Waals surface area contributed by atoms with Crippen molar-refractivity contribution in [1.29, 1.82) is 0 Å². The van der Waals surface area contributed by atoms with Crippen molar-refractivity contribution in [1.82, 2.24) is 5.32 Å². The summed E-state index contributed by atoms with van der Waals surface area (Å²) in [5.74, 6) is 0.611. The van der Waals surface area contributed by atoms with Crippen LogP contribution in [-0.2, 0) is 4.79 Å². The van der Waals surface area contributed by atoms with Gasteiger partial charge in [-0.2, -0.15) is 0 Å².